The van der Waals surface area contributed by atoms with Crippen LogP contribution in [0, 0.1) is 19.7 Å². The predicted molar refractivity (Wildman–Crippen MR) is 141 cm³/mol. The van der Waals surface area contributed by atoms with Gasteiger partial charge in [0.25, 0.3) is 11.8 Å². The van der Waals surface area contributed by atoms with Crippen LogP contribution in [-0.4, -0.2) is 45.9 Å². The second kappa shape index (κ2) is 12.1. The average molecular weight is 527 g/mol. The van der Waals surface area contributed by atoms with Crippen LogP contribution in [0.5, 0.6) is 5.75 Å². The third-order valence-electron chi connectivity index (χ3n) is 5.31. The number of ether oxygens (including phenoxy) is 1. The van der Waals surface area contributed by atoms with Gasteiger partial charge in [-0.25, -0.2) is 18.2 Å². The number of sulfonamides is 1. The summed E-state index contributed by atoms with van der Waals surface area (Å²) in [6.45, 7) is 3.00. The largest absolute Gasteiger partial charge is 0.484 e. The van der Waals surface area contributed by atoms with Crippen LogP contribution in [0.3, 0.4) is 0 Å². The highest BCUT2D eigenvalue weighted by Crippen LogP contribution is 2.24. The Morgan fingerprint density at radius 1 is 1.00 bits per heavy atom. The van der Waals surface area contributed by atoms with Crippen molar-refractivity contribution in [2.45, 2.75) is 13.8 Å². The minimum Gasteiger partial charge on any atom is -0.484 e. The van der Waals surface area contributed by atoms with Crippen LogP contribution in [0.25, 0.3) is 0 Å². The van der Waals surface area contributed by atoms with E-state index in [9.17, 15) is 22.4 Å². The third-order valence-corrected chi connectivity index (χ3v) is 6.44. The van der Waals surface area contributed by atoms with Gasteiger partial charge in [0.2, 0.25) is 10.0 Å². The predicted octanol–water partition coefficient (Wildman–Crippen LogP) is 3.38. The maximum atomic E-state index is 12.9. The Kier molecular flexibility index (Phi) is 8.96. The maximum Gasteiger partial charge on any atom is 0.262 e. The number of nitrogens with one attached hydrogen (secondary N) is 2. The average Bonchev–Trinajstić information content (AvgIpc) is 2.85. The fourth-order valence-corrected chi connectivity index (χ4v) is 4.17. The molecule has 0 saturated heterocycles. The molecule has 0 fully saturated rings. The number of carbonyl (C=O) groups excluding carboxylic acids is 2. The van der Waals surface area contributed by atoms with Gasteiger partial charge in [-0.05, 0) is 85.1 Å². The molecule has 3 aromatic rings. The van der Waals surface area contributed by atoms with Crippen molar-refractivity contribution in [3.63, 3.8) is 0 Å². The lowest BCUT2D eigenvalue weighted by Gasteiger charge is -2.23. The first kappa shape index (κ1) is 27.3. The van der Waals surface area contributed by atoms with Gasteiger partial charge < -0.3 is 10.1 Å². The summed E-state index contributed by atoms with van der Waals surface area (Å²) in [6.07, 6.45) is 2.44. The first-order chi connectivity index (χ1) is 17.5. The monoisotopic (exact) mass is 526 g/mol. The molecule has 0 radical (unpaired) electrons. The summed E-state index contributed by atoms with van der Waals surface area (Å²) in [4.78, 5) is 24.4. The van der Waals surface area contributed by atoms with E-state index in [1.54, 1.807) is 43.3 Å². The van der Waals surface area contributed by atoms with Crippen molar-refractivity contribution in [1.82, 2.24) is 5.43 Å². The number of benzene rings is 3. The molecular weight excluding hydrogens is 499 g/mol. The molecule has 0 heterocycles. The number of amides is 2. The number of aryl methyl sites for hydroxylation is 1. The molecule has 3 rings (SSSR count). The topological polar surface area (TPSA) is 117 Å². The molecule has 11 heteroatoms. The zero-order chi connectivity index (χ0) is 27.0. The van der Waals surface area contributed by atoms with Crippen LogP contribution in [0.2, 0.25) is 0 Å². The van der Waals surface area contributed by atoms with Crippen LogP contribution in [0.1, 0.15) is 16.7 Å². The fourth-order valence-electron chi connectivity index (χ4n) is 3.26. The summed E-state index contributed by atoms with van der Waals surface area (Å²) < 4.78 is 44.0. The normalized spacial score (nSPS) is 11.2. The fraction of sp³-hybridized carbons (Fsp3) is 0.192. The number of rotatable bonds is 10. The molecule has 0 saturated carbocycles. The molecule has 0 aliphatic rings. The van der Waals surface area contributed by atoms with E-state index in [0.29, 0.717) is 22.7 Å². The number of hydrazone groups is 1. The summed E-state index contributed by atoms with van der Waals surface area (Å²) in [5, 5.41) is 6.48. The molecule has 37 heavy (non-hydrogen) atoms. The van der Waals surface area contributed by atoms with Gasteiger partial charge in [-0.3, -0.25) is 13.9 Å². The van der Waals surface area contributed by atoms with Crippen LogP contribution >= 0.6 is 0 Å². The highest BCUT2D eigenvalue weighted by atomic mass is 32.2. The van der Waals surface area contributed by atoms with Crippen molar-refractivity contribution in [1.29, 1.82) is 0 Å². The molecule has 0 aliphatic heterocycles. The molecule has 2 amide bonds. The summed E-state index contributed by atoms with van der Waals surface area (Å²) in [7, 11) is -3.70. The Morgan fingerprint density at radius 2 is 1.68 bits per heavy atom. The molecule has 3 aromatic carbocycles. The summed E-state index contributed by atoms with van der Waals surface area (Å²) >= 11 is 0. The van der Waals surface area contributed by atoms with Gasteiger partial charge in [-0.2, -0.15) is 5.10 Å². The van der Waals surface area contributed by atoms with E-state index in [4.69, 9.17) is 4.74 Å². The smallest absolute Gasteiger partial charge is 0.262 e. The highest BCUT2D eigenvalue weighted by Gasteiger charge is 2.22. The highest BCUT2D eigenvalue weighted by molar-refractivity contribution is 7.92. The van der Waals surface area contributed by atoms with Crippen molar-refractivity contribution < 1.29 is 27.1 Å². The van der Waals surface area contributed by atoms with Crippen molar-refractivity contribution in [2.24, 2.45) is 5.10 Å². The minimum absolute atomic E-state index is 0.238. The van der Waals surface area contributed by atoms with Crippen molar-refractivity contribution in [3.05, 3.63) is 89.2 Å². The molecule has 0 bridgehead atoms. The third kappa shape index (κ3) is 8.14. The number of hydrogen-bond donors (Lipinski definition) is 2. The molecule has 0 unspecified atom stereocenters. The van der Waals surface area contributed by atoms with Crippen LogP contribution in [0.4, 0.5) is 15.8 Å². The van der Waals surface area contributed by atoms with Crippen molar-refractivity contribution in [3.8, 4) is 5.75 Å². The second-order valence-corrected chi connectivity index (χ2v) is 10.1. The van der Waals surface area contributed by atoms with E-state index < -0.39 is 34.2 Å². The summed E-state index contributed by atoms with van der Waals surface area (Å²) in [6, 6.07) is 17.2. The van der Waals surface area contributed by atoms with E-state index in [1.807, 2.05) is 13.0 Å². The molecule has 9 nitrogen and oxygen atoms in total. The number of anilines is 2. The van der Waals surface area contributed by atoms with Gasteiger partial charge in [0, 0.05) is 5.69 Å². The molecule has 2 N–H and O–H groups in total. The van der Waals surface area contributed by atoms with Crippen LogP contribution in [0.15, 0.2) is 71.8 Å². The van der Waals surface area contributed by atoms with E-state index in [0.717, 1.165) is 21.7 Å². The number of nitrogens with zero attached hydrogens (tertiary/aromatic N) is 2. The first-order valence-corrected chi connectivity index (χ1v) is 13.0. The number of hydrogen-bond acceptors (Lipinski definition) is 6. The zero-order valence-electron chi connectivity index (χ0n) is 20.6. The second-order valence-electron chi connectivity index (χ2n) is 8.19. The summed E-state index contributed by atoms with van der Waals surface area (Å²) in [5.74, 6) is -0.961. The standard InChI is InChI=1S/C26H27FN4O5S/c1-18-5-4-6-24(19(18)2)31(37(3,34)35)16-25(32)30-28-15-20-7-13-23(14-8-20)36-17-26(33)29-22-11-9-21(27)10-12-22/h4-15H,16-17H2,1-3H3,(H,29,33)(H,30,32)/b28-15+. The van der Waals surface area contributed by atoms with Gasteiger partial charge in [0.15, 0.2) is 6.61 Å². The van der Waals surface area contributed by atoms with E-state index in [2.05, 4.69) is 15.8 Å². The Bertz CT molecular complexity index is 1390. The minimum atomic E-state index is -3.70. The molecule has 0 spiro atoms. The van der Waals surface area contributed by atoms with Crippen molar-refractivity contribution in [2.75, 3.05) is 29.0 Å². The van der Waals surface area contributed by atoms with Crippen LogP contribution in [-0.2, 0) is 19.6 Å². The Morgan fingerprint density at radius 3 is 2.32 bits per heavy atom. The van der Waals surface area contributed by atoms with Crippen molar-refractivity contribution >= 4 is 39.4 Å². The lowest BCUT2D eigenvalue weighted by atomic mass is 10.1. The number of halogens is 1. The lowest BCUT2D eigenvalue weighted by Crippen LogP contribution is -2.39. The summed E-state index contributed by atoms with van der Waals surface area (Å²) in [5.41, 5.74) is 5.53. The molecule has 0 aliphatic carbocycles. The lowest BCUT2D eigenvalue weighted by molar-refractivity contribution is -0.119. The molecule has 0 aromatic heterocycles. The Hall–Kier alpha value is -4.25. The van der Waals surface area contributed by atoms with Gasteiger partial charge in [-0.1, -0.05) is 12.1 Å². The molecule has 194 valence electrons. The van der Waals surface area contributed by atoms with Gasteiger partial charge in [-0.15, -0.1) is 0 Å². The Labute approximate surface area is 215 Å². The van der Waals surface area contributed by atoms with Gasteiger partial charge in [0.1, 0.15) is 18.1 Å². The van der Waals surface area contributed by atoms with E-state index >= 15 is 0 Å². The molecular formula is C26H27FN4O5S. The first-order valence-electron chi connectivity index (χ1n) is 11.2. The van der Waals surface area contributed by atoms with Gasteiger partial charge in [0.05, 0.1) is 18.2 Å². The maximum absolute atomic E-state index is 12.9. The quantitative estimate of drug-likeness (QED) is 0.310. The van der Waals surface area contributed by atoms with E-state index in [-0.39, 0.29) is 6.61 Å². The Balaban J connectivity index is 1.51. The SMILES string of the molecule is Cc1cccc(N(CC(=O)N/N=C/c2ccc(OCC(=O)Nc3ccc(F)cc3)cc2)S(C)(=O)=O)c1C. The number of carbonyl (C=O) groups is 2. The van der Waals surface area contributed by atoms with Crippen LogP contribution < -0.4 is 19.8 Å². The van der Waals surface area contributed by atoms with Gasteiger partial charge >= 0.3 is 0 Å². The molecule has 0 atom stereocenters. The van der Waals surface area contributed by atoms with E-state index in [1.165, 1.54) is 30.5 Å². The zero-order valence-corrected chi connectivity index (χ0v) is 21.4.